The highest BCUT2D eigenvalue weighted by molar-refractivity contribution is 8.00. The number of hydrogen-bond acceptors (Lipinski definition) is 3. The average Bonchev–Trinajstić information content (AvgIpc) is 2.94. The summed E-state index contributed by atoms with van der Waals surface area (Å²) < 4.78 is 1.88. The van der Waals surface area contributed by atoms with E-state index < -0.39 is 0 Å². The van der Waals surface area contributed by atoms with Gasteiger partial charge in [0, 0.05) is 11.0 Å². The molecular formula is C22H23N3OS. The first-order chi connectivity index (χ1) is 12.9. The molecule has 1 aliphatic rings. The van der Waals surface area contributed by atoms with Crippen LogP contribution in [0.25, 0.3) is 5.69 Å². The smallest absolute Gasteiger partial charge is 0.235 e. The minimum Gasteiger partial charge on any atom is -0.310 e. The maximum atomic E-state index is 12.5. The first kappa shape index (κ1) is 17.9. The summed E-state index contributed by atoms with van der Waals surface area (Å²) >= 11 is 1.66. The van der Waals surface area contributed by atoms with Crippen molar-refractivity contribution < 1.29 is 4.79 Å². The van der Waals surface area contributed by atoms with Gasteiger partial charge in [0.2, 0.25) is 5.91 Å². The molecule has 0 radical (unpaired) electrons. The van der Waals surface area contributed by atoms with E-state index in [1.807, 2.05) is 53.2 Å². The molecule has 4 rings (SSSR count). The lowest BCUT2D eigenvalue weighted by Gasteiger charge is -2.22. The minimum absolute atomic E-state index is 0.0113. The van der Waals surface area contributed by atoms with Gasteiger partial charge >= 0.3 is 0 Å². The Morgan fingerprint density at radius 2 is 1.67 bits per heavy atom. The molecule has 0 saturated heterocycles. The lowest BCUT2D eigenvalue weighted by atomic mass is 9.87. The first-order valence-electron chi connectivity index (χ1n) is 9.10. The maximum Gasteiger partial charge on any atom is 0.235 e. The zero-order chi connectivity index (χ0) is 19.0. The number of benzene rings is 2. The Morgan fingerprint density at radius 1 is 1.04 bits per heavy atom. The second-order valence-electron chi connectivity index (χ2n) is 7.76. The van der Waals surface area contributed by atoms with Crippen molar-refractivity contribution in [2.75, 3.05) is 11.1 Å². The van der Waals surface area contributed by atoms with E-state index in [0.717, 1.165) is 22.8 Å². The monoisotopic (exact) mass is 377 g/mol. The number of carbonyl (C=O) groups is 1. The van der Waals surface area contributed by atoms with Crippen LogP contribution in [-0.2, 0) is 10.2 Å². The predicted octanol–water partition coefficient (Wildman–Crippen LogP) is 4.94. The van der Waals surface area contributed by atoms with Gasteiger partial charge in [-0.25, -0.2) is 4.68 Å². The van der Waals surface area contributed by atoms with E-state index in [9.17, 15) is 4.79 Å². The van der Waals surface area contributed by atoms with Gasteiger partial charge in [-0.2, -0.15) is 5.10 Å². The molecule has 27 heavy (non-hydrogen) atoms. The van der Waals surface area contributed by atoms with Crippen LogP contribution < -0.4 is 5.32 Å². The Bertz CT molecular complexity index is 958. The molecule has 1 aromatic heterocycles. The summed E-state index contributed by atoms with van der Waals surface area (Å²) in [6, 6.07) is 20.4. The van der Waals surface area contributed by atoms with E-state index in [-0.39, 0.29) is 16.6 Å². The molecule has 138 valence electrons. The molecule has 2 heterocycles. The van der Waals surface area contributed by atoms with Crippen molar-refractivity contribution in [2.45, 2.75) is 31.4 Å². The fraction of sp³-hybridized carbons (Fsp3) is 0.273. The van der Waals surface area contributed by atoms with E-state index in [0.29, 0.717) is 5.75 Å². The van der Waals surface area contributed by atoms with Crippen molar-refractivity contribution in [3.05, 3.63) is 77.5 Å². The van der Waals surface area contributed by atoms with Gasteiger partial charge < -0.3 is 5.32 Å². The third-order valence-electron chi connectivity index (χ3n) is 4.64. The number of nitrogens with one attached hydrogen (secondary N) is 1. The molecule has 1 N–H and O–H groups in total. The van der Waals surface area contributed by atoms with Gasteiger partial charge in [0.25, 0.3) is 0 Å². The highest BCUT2D eigenvalue weighted by Crippen LogP contribution is 2.46. The Morgan fingerprint density at radius 3 is 2.30 bits per heavy atom. The molecule has 3 aromatic rings. The second-order valence-corrected chi connectivity index (χ2v) is 8.85. The Balaban J connectivity index is 1.99. The minimum atomic E-state index is -0.146. The summed E-state index contributed by atoms with van der Waals surface area (Å²) in [7, 11) is 0. The number of aromatic nitrogens is 2. The van der Waals surface area contributed by atoms with E-state index in [1.54, 1.807) is 11.8 Å². The molecule has 2 aromatic carbocycles. The van der Waals surface area contributed by atoms with E-state index in [1.165, 1.54) is 5.56 Å². The third kappa shape index (κ3) is 3.39. The maximum absolute atomic E-state index is 12.5. The molecule has 0 saturated carbocycles. The summed E-state index contributed by atoms with van der Waals surface area (Å²) in [6.45, 7) is 6.51. The van der Waals surface area contributed by atoms with Crippen LogP contribution in [-0.4, -0.2) is 21.4 Å². The number of rotatable bonds is 2. The van der Waals surface area contributed by atoms with Gasteiger partial charge in [-0.1, -0.05) is 69.3 Å². The van der Waals surface area contributed by atoms with Gasteiger partial charge in [-0.3, -0.25) is 4.79 Å². The number of nitrogens with zero attached hydrogens (tertiary/aromatic N) is 2. The van der Waals surface area contributed by atoms with E-state index in [2.05, 4.69) is 38.2 Å². The summed E-state index contributed by atoms with van der Waals surface area (Å²) in [5.74, 6) is 1.22. The molecule has 1 atom stereocenters. The van der Waals surface area contributed by atoms with Crippen LogP contribution in [0.2, 0.25) is 0 Å². The standard InChI is InChI=1S/C22H23N3OS/c1-22(2,3)20-18-19(15-10-6-4-7-11-15)27-14-17(26)23-21(18)25(24-20)16-12-8-5-9-13-16/h4-13,19H,14H2,1-3H3,(H,23,26). The normalized spacial score (nSPS) is 17.1. The van der Waals surface area contributed by atoms with Crippen LogP contribution in [0.3, 0.4) is 0 Å². The highest BCUT2D eigenvalue weighted by atomic mass is 32.2. The average molecular weight is 378 g/mol. The largest absolute Gasteiger partial charge is 0.310 e. The SMILES string of the molecule is CC(C)(C)c1nn(-c2ccccc2)c2c1C(c1ccccc1)SCC(=O)N2. The van der Waals surface area contributed by atoms with Gasteiger partial charge in [0.15, 0.2) is 0 Å². The quantitative estimate of drug-likeness (QED) is 0.688. The van der Waals surface area contributed by atoms with Crippen molar-refractivity contribution in [2.24, 2.45) is 0 Å². The Labute approximate surface area is 164 Å². The molecule has 0 bridgehead atoms. The molecule has 4 nitrogen and oxygen atoms in total. The van der Waals surface area contributed by atoms with E-state index in [4.69, 9.17) is 5.10 Å². The van der Waals surface area contributed by atoms with Crippen molar-refractivity contribution in [3.8, 4) is 5.69 Å². The number of anilines is 1. The molecule has 0 aliphatic carbocycles. The molecule has 1 aliphatic heterocycles. The zero-order valence-electron chi connectivity index (χ0n) is 15.8. The molecule has 0 spiro atoms. The number of carbonyl (C=O) groups excluding carboxylic acids is 1. The van der Waals surface area contributed by atoms with Crippen LogP contribution >= 0.6 is 11.8 Å². The van der Waals surface area contributed by atoms with Crippen molar-refractivity contribution >= 4 is 23.5 Å². The third-order valence-corrected chi connectivity index (χ3v) is 5.91. The van der Waals surface area contributed by atoms with Crippen LogP contribution in [0, 0.1) is 0 Å². The summed E-state index contributed by atoms with van der Waals surface area (Å²) in [5, 5.41) is 8.16. The van der Waals surface area contributed by atoms with Crippen LogP contribution in [0.4, 0.5) is 5.82 Å². The Kier molecular flexibility index (Phi) is 4.56. The van der Waals surface area contributed by atoms with E-state index >= 15 is 0 Å². The lowest BCUT2D eigenvalue weighted by Crippen LogP contribution is -2.16. The fourth-order valence-electron chi connectivity index (χ4n) is 3.41. The number of para-hydroxylation sites is 1. The highest BCUT2D eigenvalue weighted by Gasteiger charge is 2.35. The fourth-order valence-corrected chi connectivity index (χ4v) is 4.54. The van der Waals surface area contributed by atoms with Gasteiger partial charge in [-0.15, -0.1) is 11.8 Å². The molecule has 0 fully saturated rings. The molecule has 1 amide bonds. The Hall–Kier alpha value is -2.53. The van der Waals surface area contributed by atoms with Crippen LogP contribution in [0.1, 0.15) is 42.8 Å². The summed E-state index contributed by atoms with van der Waals surface area (Å²) in [5.41, 5.74) is 4.12. The number of thioether (sulfide) groups is 1. The van der Waals surface area contributed by atoms with Gasteiger partial charge in [-0.05, 0) is 17.7 Å². The lowest BCUT2D eigenvalue weighted by molar-refractivity contribution is -0.113. The summed E-state index contributed by atoms with van der Waals surface area (Å²) in [6.07, 6.45) is 0. The van der Waals surface area contributed by atoms with Crippen LogP contribution in [0.5, 0.6) is 0 Å². The predicted molar refractivity (Wildman–Crippen MR) is 112 cm³/mol. The van der Waals surface area contributed by atoms with Gasteiger partial charge in [0.1, 0.15) is 5.82 Å². The molecule has 1 unspecified atom stereocenters. The number of amides is 1. The second kappa shape index (κ2) is 6.89. The summed E-state index contributed by atoms with van der Waals surface area (Å²) in [4.78, 5) is 12.5. The first-order valence-corrected chi connectivity index (χ1v) is 10.2. The van der Waals surface area contributed by atoms with Crippen molar-refractivity contribution in [3.63, 3.8) is 0 Å². The number of fused-ring (bicyclic) bond motifs is 1. The van der Waals surface area contributed by atoms with Crippen molar-refractivity contribution in [1.29, 1.82) is 0 Å². The van der Waals surface area contributed by atoms with Crippen LogP contribution in [0.15, 0.2) is 60.7 Å². The van der Waals surface area contributed by atoms with Crippen molar-refractivity contribution in [1.82, 2.24) is 9.78 Å². The zero-order valence-corrected chi connectivity index (χ0v) is 16.6. The molecular weight excluding hydrogens is 354 g/mol. The number of hydrogen-bond donors (Lipinski definition) is 1. The topological polar surface area (TPSA) is 46.9 Å². The molecule has 5 heteroatoms. The van der Waals surface area contributed by atoms with Gasteiger partial charge in [0.05, 0.1) is 22.4 Å².